The van der Waals surface area contributed by atoms with E-state index in [9.17, 15) is 18.0 Å². The number of carbonyl (C=O) groups is 1. The molecule has 0 aromatic rings. The number of hydrogen-bond donors (Lipinski definition) is 0. The Labute approximate surface area is 73.7 Å². The molecule has 0 aromatic heterocycles. The first-order valence-corrected chi connectivity index (χ1v) is 3.43. The molecule has 0 aromatic carbocycles. The van der Waals surface area contributed by atoms with Gasteiger partial charge in [-0.1, -0.05) is 18.7 Å². The second-order valence-electron chi connectivity index (χ2n) is 2.20. The summed E-state index contributed by atoms with van der Waals surface area (Å²) in [5.41, 5.74) is 0. The summed E-state index contributed by atoms with van der Waals surface area (Å²) in [5.74, 6) is -2.21. The highest BCUT2D eigenvalue weighted by atomic mass is 19.4. The smallest absolute Gasteiger partial charge is 0.451 e. The highest BCUT2D eigenvalue weighted by Gasteiger charge is 2.41. The van der Waals surface area contributed by atoms with Crippen molar-refractivity contribution in [1.29, 1.82) is 0 Å². The average molecular weight is 194 g/mol. The average Bonchev–Trinajstić information content (AvgIpc) is 2.01. The van der Waals surface area contributed by atoms with E-state index in [1.165, 1.54) is 6.08 Å². The van der Waals surface area contributed by atoms with Crippen molar-refractivity contribution in [3.8, 4) is 0 Å². The van der Waals surface area contributed by atoms with Gasteiger partial charge in [-0.3, -0.25) is 0 Å². The number of carbonyl (C=O) groups excluding carboxylic acids is 1. The molecule has 5 heteroatoms. The summed E-state index contributed by atoms with van der Waals surface area (Å²) in [5, 5.41) is 0. The zero-order chi connectivity index (χ0) is 10.5. The van der Waals surface area contributed by atoms with E-state index in [2.05, 4.69) is 17.9 Å². The zero-order valence-electron chi connectivity index (χ0n) is 6.80. The minimum atomic E-state index is -4.96. The van der Waals surface area contributed by atoms with Gasteiger partial charge in [0.25, 0.3) is 0 Å². The van der Waals surface area contributed by atoms with Crippen molar-refractivity contribution in [3.63, 3.8) is 0 Å². The number of halogens is 3. The molecule has 0 saturated heterocycles. The van der Waals surface area contributed by atoms with E-state index in [4.69, 9.17) is 0 Å². The van der Waals surface area contributed by atoms with E-state index >= 15 is 0 Å². The van der Waals surface area contributed by atoms with Crippen LogP contribution in [0.4, 0.5) is 13.2 Å². The van der Waals surface area contributed by atoms with Gasteiger partial charge in [0.2, 0.25) is 0 Å². The molecule has 0 rings (SSSR count). The minimum absolute atomic E-state index is 0.116. The molecular weight excluding hydrogens is 185 g/mol. The predicted molar refractivity (Wildman–Crippen MR) is 40.9 cm³/mol. The third-order valence-corrected chi connectivity index (χ3v) is 1.15. The van der Waals surface area contributed by atoms with Crippen LogP contribution in [0.25, 0.3) is 0 Å². The lowest BCUT2D eigenvalue weighted by Gasteiger charge is -2.12. The number of ether oxygens (including phenoxy) is 1. The molecule has 0 aliphatic carbocycles. The first-order valence-electron chi connectivity index (χ1n) is 3.43. The van der Waals surface area contributed by atoms with E-state index in [0.717, 1.165) is 6.08 Å². The molecule has 0 spiro atoms. The zero-order valence-corrected chi connectivity index (χ0v) is 6.80. The van der Waals surface area contributed by atoms with Gasteiger partial charge in [-0.25, -0.2) is 4.79 Å². The van der Waals surface area contributed by atoms with Gasteiger partial charge in [-0.05, 0) is 0 Å². The summed E-state index contributed by atoms with van der Waals surface area (Å²) in [7, 11) is 0. The lowest BCUT2D eigenvalue weighted by Crippen LogP contribution is -2.29. The van der Waals surface area contributed by atoms with Gasteiger partial charge in [0, 0.05) is 6.42 Å². The Kier molecular flexibility index (Phi) is 4.23. The van der Waals surface area contributed by atoms with E-state index in [0.29, 0.717) is 0 Å². The normalized spacial score (nSPS) is 13.2. The molecule has 74 valence electrons. The molecule has 0 radical (unpaired) electrons. The third kappa shape index (κ3) is 4.35. The van der Waals surface area contributed by atoms with Crippen LogP contribution in [-0.2, 0) is 9.53 Å². The van der Waals surface area contributed by atoms with Crippen molar-refractivity contribution >= 4 is 5.97 Å². The maximum absolute atomic E-state index is 11.7. The van der Waals surface area contributed by atoms with Gasteiger partial charge in [0.05, 0.1) is 0 Å². The molecule has 0 aliphatic heterocycles. The molecular formula is C8H9F3O2. The van der Waals surface area contributed by atoms with Crippen LogP contribution < -0.4 is 0 Å². The van der Waals surface area contributed by atoms with Gasteiger partial charge in [-0.15, -0.1) is 6.58 Å². The summed E-state index contributed by atoms with van der Waals surface area (Å²) < 4.78 is 39.0. The van der Waals surface area contributed by atoms with Gasteiger partial charge in [-0.2, -0.15) is 13.2 Å². The molecule has 0 fully saturated rings. The van der Waals surface area contributed by atoms with E-state index < -0.39 is 18.2 Å². The first kappa shape index (κ1) is 11.7. The molecule has 0 saturated carbocycles. The second kappa shape index (κ2) is 4.69. The Morgan fingerprint density at radius 1 is 1.46 bits per heavy atom. The number of esters is 1. The quantitative estimate of drug-likeness (QED) is 0.506. The predicted octanol–water partition coefficient (Wildman–Crippen LogP) is 2.22. The SMILES string of the molecule is C=CCC(C=C)OC(=O)C(F)(F)F. The van der Waals surface area contributed by atoms with Crippen LogP contribution in [0.2, 0.25) is 0 Å². The molecule has 0 N–H and O–H groups in total. The Balaban J connectivity index is 4.16. The van der Waals surface area contributed by atoms with Crippen LogP contribution in [0.1, 0.15) is 6.42 Å². The second-order valence-corrected chi connectivity index (χ2v) is 2.20. The van der Waals surface area contributed by atoms with E-state index in [1.807, 2.05) is 0 Å². The van der Waals surface area contributed by atoms with Crippen LogP contribution in [0.5, 0.6) is 0 Å². The Morgan fingerprint density at radius 3 is 2.31 bits per heavy atom. The van der Waals surface area contributed by atoms with Crippen LogP contribution in [0.15, 0.2) is 25.3 Å². The fourth-order valence-corrected chi connectivity index (χ4v) is 0.561. The first-order chi connectivity index (χ1) is 5.91. The standard InChI is InChI=1S/C8H9F3O2/c1-3-5-6(4-2)13-7(12)8(9,10)11/h3-4,6H,1-2,5H2. The summed E-state index contributed by atoms with van der Waals surface area (Å²) >= 11 is 0. The highest BCUT2D eigenvalue weighted by molar-refractivity contribution is 5.75. The van der Waals surface area contributed by atoms with Crippen molar-refractivity contribution in [2.45, 2.75) is 18.7 Å². The molecule has 0 aliphatic rings. The van der Waals surface area contributed by atoms with Crippen molar-refractivity contribution in [2.75, 3.05) is 0 Å². The maximum Gasteiger partial charge on any atom is 0.490 e. The number of hydrogen-bond acceptors (Lipinski definition) is 2. The lowest BCUT2D eigenvalue weighted by atomic mass is 10.2. The molecule has 1 unspecified atom stereocenters. The molecule has 0 amide bonds. The minimum Gasteiger partial charge on any atom is -0.451 e. The van der Waals surface area contributed by atoms with Gasteiger partial charge >= 0.3 is 12.1 Å². The van der Waals surface area contributed by atoms with Gasteiger partial charge in [0.15, 0.2) is 0 Å². The Morgan fingerprint density at radius 2 is 2.00 bits per heavy atom. The fraction of sp³-hybridized carbons (Fsp3) is 0.375. The van der Waals surface area contributed by atoms with Gasteiger partial charge in [0.1, 0.15) is 6.10 Å². The maximum atomic E-state index is 11.7. The van der Waals surface area contributed by atoms with Crippen LogP contribution in [-0.4, -0.2) is 18.2 Å². The lowest BCUT2D eigenvalue weighted by molar-refractivity contribution is -0.202. The largest absolute Gasteiger partial charge is 0.490 e. The summed E-state index contributed by atoms with van der Waals surface area (Å²) in [6.45, 7) is 6.52. The Bertz CT molecular complexity index is 208. The highest BCUT2D eigenvalue weighted by Crippen LogP contribution is 2.18. The van der Waals surface area contributed by atoms with E-state index in [1.54, 1.807) is 0 Å². The van der Waals surface area contributed by atoms with Crippen LogP contribution in [0, 0.1) is 0 Å². The topological polar surface area (TPSA) is 26.3 Å². The van der Waals surface area contributed by atoms with Crippen molar-refractivity contribution in [1.82, 2.24) is 0 Å². The summed E-state index contributed by atoms with van der Waals surface area (Å²) in [4.78, 5) is 10.3. The van der Waals surface area contributed by atoms with Gasteiger partial charge < -0.3 is 4.74 Å². The Hall–Kier alpha value is -1.26. The summed E-state index contributed by atoms with van der Waals surface area (Å²) in [6, 6.07) is 0. The van der Waals surface area contributed by atoms with Crippen LogP contribution in [0.3, 0.4) is 0 Å². The molecule has 13 heavy (non-hydrogen) atoms. The van der Waals surface area contributed by atoms with Crippen molar-refractivity contribution in [2.24, 2.45) is 0 Å². The van der Waals surface area contributed by atoms with Crippen molar-refractivity contribution < 1.29 is 22.7 Å². The molecule has 0 heterocycles. The number of alkyl halides is 3. The third-order valence-electron chi connectivity index (χ3n) is 1.15. The van der Waals surface area contributed by atoms with Crippen molar-refractivity contribution in [3.05, 3.63) is 25.3 Å². The van der Waals surface area contributed by atoms with Crippen LogP contribution >= 0.6 is 0 Å². The molecule has 1 atom stereocenters. The molecule has 0 bridgehead atoms. The monoisotopic (exact) mass is 194 g/mol. The molecule has 2 nitrogen and oxygen atoms in total. The number of rotatable bonds is 4. The fourth-order valence-electron chi connectivity index (χ4n) is 0.561. The summed E-state index contributed by atoms with van der Waals surface area (Å²) in [6.07, 6.45) is -3.35. The van der Waals surface area contributed by atoms with E-state index in [-0.39, 0.29) is 6.42 Å².